The molecule has 23 heavy (non-hydrogen) atoms. The molecule has 4 saturated carbocycles. The van der Waals surface area contributed by atoms with Gasteiger partial charge in [0.1, 0.15) is 0 Å². The number of carbonyl (C=O) groups excluding carboxylic acids is 1. The van der Waals surface area contributed by atoms with Gasteiger partial charge in [0.15, 0.2) is 5.70 Å². The van der Waals surface area contributed by atoms with Crippen LogP contribution in [0.15, 0.2) is 35.2 Å². The van der Waals surface area contributed by atoms with E-state index in [0.29, 0.717) is 11.6 Å². The second-order valence-electron chi connectivity index (χ2n) is 7.82. The highest BCUT2D eigenvalue weighted by Gasteiger charge is 2.55. The topological polar surface area (TPSA) is 51.5 Å². The van der Waals surface area contributed by atoms with Crippen molar-refractivity contribution in [1.82, 2.24) is 4.98 Å². The third kappa shape index (κ3) is 2.15. The molecule has 118 valence electrons. The molecular formula is C19H20N2O2. The van der Waals surface area contributed by atoms with Gasteiger partial charge in [-0.3, -0.25) is 4.98 Å². The minimum atomic E-state index is -0.306. The molecule has 0 unspecified atom stereocenters. The highest BCUT2D eigenvalue weighted by Crippen LogP contribution is 2.61. The summed E-state index contributed by atoms with van der Waals surface area (Å²) < 4.78 is 5.65. The molecular weight excluding hydrogens is 288 g/mol. The Morgan fingerprint density at radius 2 is 1.83 bits per heavy atom. The molecule has 0 saturated heterocycles. The highest BCUT2D eigenvalue weighted by molar-refractivity contribution is 6.08. The molecule has 1 aliphatic heterocycles. The summed E-state index contributed by atoms with van der Waals surface area (Å²) >= 11 is 0. The van der Waals surface area contributed by atoms with Gasteiger partial charge in [-0.1, -0.05) is 6.07 Å². The fourth-order valence-electron chi connectivity index (χ4n) is 5.63. The minimum Gasteiger partial charge on any atom is -0.406 e. The van der Waals surface area contributed by atoms with Crippen molar-refractivity contribution in [2.75, 3.05) is 0 Å². The first-order chi connectivity index (χ1) is 11.2. The smallest absolute Gasteiger partial charge is 0.363 e. The lowest BCUT2D eigenvalue weighted by Crippen LogP contribution is -2.50. The van der Waals surface area contributed by atoms with E-state index in [4.69, 9.17) is 4.74 Å². The Kier molecular flexibility index (Phi) is 2.79. The molecule has 4 heteroatoms. The molecule has 0 spiro atoms. The molecule has 2 heterocycles. The zero-order valence-electron chi connectivity index (χ0n) is 13.1. The van der Waals surface area contributed by atoms with Crippen LogP contribution in [0.2, 0.25) is 0 Å². The van der Waals surface area contributed by atoms with Crippen LogP contribution in [-0.2, 0) is 9.53 Å². The van der Waals surface area contributed by atoms with Crippen LogP contribution in [0.25, 0.3) is 6.08 Å². The SMILES string of the molecule is O=C1OC(C23CC4CC(CC(C4)C2)C3)=N/C1=C\c1cccnc1. The normalized spacial score (nSPS) is 39.7. The lowest BCUT2D eigenvalue weighted by atomic mass is 9.49. The van der Waals surface area contributed by atoms with Gasteiger partial charge in [0.05, 0.1) is 0 Å². The maximum Gasteiger partial charge on any atom is 0.363 e. The first kappa shape index (κ1) is 13.5. The summed E-state index contributed by atoms with van der Waals surface area (Å²) in [6.07, 6.45) is 12.8. The molecule has 4 bridgehead atoms. The number of carbonyl (C=O) groups is 1. The van der Waals surface area contributed by atoms with Gasteiger partial charge in [-0.25, -0.2) is 9.79 Å². The number of cyclic esters (lactones) is 1. The Balaban J connectivity index is 1.49. The first-order valence-electron chi connectivity index (χ1n) is 8.63. The summed E-state index contributed by atoms with van der Waals surface area (Å²) in [6.45, 7) is 0. The van der Waals surface area contributed by atoms with Gasteiger partial charge in [0.2, 0.25) is 5.90 Å². The Morgan fingerprint density at radius 1 is 1.13 bits per heavy atom. The summed E-state index contributed by atoms with van der Waals surface area (Å²) in [6, 6.07) is 3.78. The molecule has 0 N–H and O–H groups in total. The lowest BCUT2D eigenvalue weighted by molar-refractivity contribution is -0.131. The van der Waals surface area contributed by atoms with E-state index in [9.17, 15) is 4.79 Å². The van der Waals surface area contributed by atoms with E-state index < -0.39 is 0 Å². The number of rotatable bonds is 2. The Hall–Kier alpha value is -1.97. The number of pyridine rings is 1. The van der Waals surface area contributed by atoms with Crippen LogP contribution in [0.1, 0.15) is 44.1 Å². The maximum atomic E-state index is 12.3. The second kappa shape index (κ2) is 4.76. The van der Waals surface area contributed by atoms with E-state index in [1.807, 2.05) is 12.1 Å². The number of hydrogen-bond acceptors (Lipinski definition) is 4. The summed E-state index contributed by atoms with van der Waals surface area (Å²) in [5, 5.41) is 0. The molecule has 5 aliphatic rings. The molecule has 4 fully saturated rings. The van der Waals surface area contributed by atoms with E-state index in [1.54, 1.807) is 18.5 Å². The monoisotopic (exact) mass is 308 g/mol. The van der Waals surface area contributed by atoms with Gasteiger partial charge < -0.3 is 4.74 Å². The predicted octanol–water partition coefficient (Wildman–Crippen LogP) is 3.59. The summed E-state index contributed by atoms with van der Waals surface area (Å²) in [4.78, 5) is 21.0. The van der Waals surface area contributed by atoms with Gasteiger partial charge >= 0.3 is 5.97 Å². The van der Waals surface area contributed by atoms with Gasteiger partial charge in [0.25, 0.3) is 0 Å². The van der Waals surface area contributed by atoms with E-state index >= 15 is 0 Å². The van der Waals surface area contributed by atoms with E-state index in [1.165, 1.54) is 19.3 Å². The van der Waals surface area contributed by atoms with Crippen molar-refractivity contribution in [1.29, 1.82) is 0 Å². The molecule has 1 aromatic heterocycles. The van der Waals surface area contributed by atoms with Crippen molar-refractivity contribution in [2.45, 2.75) is 38.5 Å². The fourth-order valence-corrected chi connectivity index (χ4v) is 5.63. The lowest BCUT2D eigenvalue weighted by Gasteiger charge is -2.55. The summed E-state index contributed by atoms with van der Waals surface area (Å²) in [5.41, 5.74) is 1.34. The van der Waals surface area contributed by atoms with Crippen molar-refractivity contribution in [3.8, 4) is 0 Å². The van der Waals surface area contributed by atoms with Crippen LogP contribution in [-0.4, -0.2) is 16.9 Å². The highest BCUT2D eigenvalue weighted by atomic mass is 16.6. The number of hydrogen-bond donors (Lipinski definition) is 0. The van der Waals surface area contributed by atoms with Crippen LogP contribution in [0, 0.1) is 23.2 Å². The van der Waals surface area contributed by atoms with Crippen molar-refractivity contribution < 1.29 is 9.53 Å². The first-order valence-corrected chi connectivity index (χ1v) is 8.63. The number of aliphatic imine (C=N–C) groups is 1. The van der Waals surface area contributed by atoms with E-state index in [0.717, 1.165) is 42.6 Å². The standard InChI is InChI=1S/C19H20N2O2/c22-17-16(7-12-2-1-3-20-11-12)21-18(23-17)19-8-13-4-14(9-19)6-15(5-13)10-19/h1-3,7,11,13-15H,4-6,8-10H2/b16-7-. The number of nitrogens with zero attached hydrogens (tertiary/aromatic N) is 2. The number of aromatic nitrogens is 1. The van der Waals surface area contributed by atoms with Gasteiger partial charge in [0, 0.05) is 17.8 Å². The van der Waals surface area contributed by atoms with Crippen LogP contribution < -0.4 is 0 Å². The van der Waals surface area contributed by atoms with Gasteiger partial charge in [-0.2, -0.15) is 0 Å². The largest absolute Gasteiger partial charge is 0.406 e. The van der Waals surface area contributed by atoms with Crippen molar-refractivity contribution in [3.63, 3.8) is 0 Å². The molecule has 6 rings (SSSR count). The summed E-state index contributed by atoms with van der Waals surface area (Å²) in [7, 11) is 0. The molecule has 1 aromatic rings. The van der Waals surface area contributed by atoms with Gasteiger partial charge in [-0.05, 0) is 74.0 Å². The Bertz CT molecular complexity index is 685. The molecule has 4 nitrogen and oxygen atoms in total. The van der Waals surface area contributed by atoms with Crippen LogP contribution in [0.4, 0.5) is 0 Å². The maximum absolute atomic E-state index is 12.3. The summed E-state index contributed by atoms with van der Waals surface area (Å²) in [5.74, 6) is 2.84. The predicted molar refractivity (Wildman–Crippen MR) is 86.3 cm³/mol. The van der Waals surface area contributed by atoms with Crippen LogP contribution in [0.5, 0.6) is 0 Å². The molecule has 0 atom stereocenters. The quantitative estimate of drug-likeness (QED) is 0.619. The third-order valence-electron chi connectivity index (χ3n) is 6.10. The van der Waals surface area contributed by atoms with Crippen LogP contribution in [0.3, 0.4) is 0 Å². The average Bonchev–Trinajstić information content (AvgIpc) is 2.89. The minimum absolute atomic E-state index is 0.0366. The molecule has 0 aromatic carbocycles. The van der Waals surface area contributed by atoms with Crippen molar-refractivity contribution in [3.05, 3.63) is 35.8 Å². The Morgan fingerprint density at radius 3 is 2.43 bits per heavy atom. The third-order valence-corrected chi connectivity index (χ3v) is 6.10. The number of ether oxygens (including phenoxy) is 1. The van der Waals surface area contributed by atoms with Crippen LogP contribution >= 0.6 is 0 Å². The average molecular weight is 308 g/mol. The van der Waals surface area contributed by atoms with Crippen molar-refractivity contribution in [2.24, 2.45) is 28.2 Å². The van der Waals surface area contributed by atoms with E-state index in [2.05, 4.69) is 9.98 Å². The zero-order valence-corrected chi connectivity index (χ0v) is 13.1. The van der Waals surface area contributed by atoms with E-state index in [-0.39, 0.29) is 11.4 Å². The zero-order chi connectivity index (χ0) is 15.4. The second-order valence-corrected chi connectivity index (χ2v) is 7.82. The van der Waals surface area contributed by atoms with Crippen molar-refractivity contribution >= 4 is 17.9 Å². The number of esters is 1. The fraction of sp³-hybridized carbons (Fsp3) is 0.526. The molecule has 0 amide bonds. The molecule has 0 radical (unpaired) electrons. The Labute approximate surface area is 135 Å². The molecule has 4 aliphatic carbocycles. The van der Waals surface area contributed by atoms with Gasteiger partial charge in [-0.15, -0.1) is 0 Å².